The van der Waals surface area contributed by atoms with Crippen molar-refractivity contribution < 1.29 is 4.21 Å². The second-order valence-corrected chi connectivity index (χ2v) is 5.95. The highest BCUT2D eigenvalue weighted by molar-refractivity contribution is 7.85. The van der Waals surface area contributed by atoms with Gasteiger partial charge in [-0.25, -0.2) is 0 Å². The van der Waals surface area contributed by atoms with E-state index in [-0.39, 0.29) is 0 Å². The molecule has 0 aromatic carbocycles. The van der Waals surface area contributed by atoms with E-state index in [4.69, 9.17) is 0 Å². The minimum absolute atomic E-state index is 0.525. The van der Waals surface area contributed by atoms with E-state index in [9.17, 15) is 4.21 Å². The summed E-state index contributed by atoms with van der Waals surface area (Å²) in [6.45, 7) is 0. The molecule has 1 N–H and O–H groups in total. The van der Waals surface area contributed by atoms with E-state index in [0.717, 1.165) is 24.3 Å². The van der Waals surface area contributed by atoms with Gasteiger partial charge in [0, 0.05) is 34.4 Å². The smallest absolute Gasteiger partial charge is 0.0252 e. The first-order valence-corrected chi connectivity index (χ1v) is 7.11. The van der Waals surface area contributed by atoms with E-state index in [2.05, 4.69) is 17.5 Å². The molecule has 80 valence electrons. The number of hydrogen-bond donors (Lipinski definition) is 1. The van der Waals surface area contributed by atoms with Gasteiger partial charge in [0.05, 0.1) is 0 Å². The average Bonchev–Trinajstić information content (AvgIpc) is 2.23. The molecule has 2 nitrogen and oxygen atoms in total. The van der Waals surface area contributed by atoms with Gasteiger partial charge in [0.15, 0.2) is 0 Å². The fourth-order valence-electron chi connectivity index (χ4n) is 2.21. The molecule has 0 bridgehead atoms. The summed E-state index contributed by atoms with van der Waals surface area (Å²) < 4.78 is 11.2. The summed E-state index contributed by atoms with van der Waals surface area (Å²) in [6.07, 6.45) is 10.6. The Kier molecular flexibility index (Phi) is 3.76. The van der Waals surface area contributed by atoms with Crippen LogP contribution in [0.3, 0.4) is 0 Å². The van der Waals surface area contributed by atoms with E-state index < -0.39 is 10.8 Å². The Balaban J connectivity index is 1.76. The lowest BCUT2D eigenvalue weighted by atomic mass is 10.0. The van der Waals surface area contributed by atoms with Crippen LogP contribution in [0, 0.1) is 0 Å². The molecule has 14 heavy (non-hydrogen) atoms. The van der Waals surface area contributed by atoms with Crippen molar-refractivity contribution in [2.75, 3.05) is 11.5 Å². The molecule has 2 rings (SSSR count). The lowest BCUT2D eigenvalue weighted by molar-refractivity contribution is 0.415. The molecule has 1 heterocycles. The van der Waals surface area contributed by atoms with Crippen LogP contribution in [0.1, 0.15) is 32.1 Å². The first kappa shape index (κ1) is 10.4. The van der Waals surface area contributed by atoms with Gasteiger partial charge in [-0.2, -0.15) is 0 Å². The first-order chi connectivity index (χ1) is 6.84. The number of hydrogen-bond acceptors (Lipinski definition) is 2. The molecule has 2 aliphatic rings. The van der Waals surface area contributed by atoms with Crippen molar-refractivity contribution in [3.63, 3.8) is 0 Å². The molecule has 0 aromatic heterocycles. The average molecular weight is 213 g/mol. The van der Waals surface area contributed by atoms with Crippen molar-refractivity contribution >= 4 is 10.8 Å². The van der Waals surface area contributed by atoms with Gasteiger partial charge >= 0.3 is 0 Å². The van der Waals surface area contributed by atoms with Crippen LogP contribution < -0.4 is 5.32 Å². The van der Waals surface area contributed by atoms with E-state index in [1.807, 2.05) is 0 Å². The van der Waals surface area contributed by atoms with Gasteiger partial charge in [0.2, 0.25) is 0 Å². The normalized spacial score (nSPS) is 38.4. The summed E-state index contributed by atoms with van der Waals surface area (Å²) in [6, 6.07) is 1.20. The quantitative estimate of drug-likeness (QED) is 0.706. The molecule has 3 heteroatoms. The fourth-order valence-corrected chi connectivity index (χ4v) is 3.51. The minimum atomic E-state index is -0.525. The minimum Gasteiger partial charge on any atom is -0.308 e. The topological polar surface area (TPSA) is 29.1 Å². The second kappa shape index (κ2) is 5.08. The standard InChI is InChI=1S/C11H19NOS/c13-14-8-6-11(7-9-14)12-10-4-2-1-3-5-10/h2,4,10-12H,1,3,5-9H2. The maximum absolute atomic E-state index is 11.2. The Hall–Kier alpha value is -0.150. The van der Waals surface area contributed by atoms with Crippen LogP contribution >= 0.6 is 0 Å². The Morgan fingerprint density at radius 2 is 2.00 bits per heavy atom. The van der Waals surface area contributed by atoms with Gasteiger partial charge in [-0.3, -0.25) is 4.21 Å². The molecule has 0 spiro atoms. The summed E-state index contributed by atoms with van der Waals surface area (Å²) in [7, 11) is -0.525. The van der Waals surface area contributed by atoms with Crippen LogP contribution in [0.25, 0.3) is 0 Å². The molecule has 1 saturated heterocycles. The third-order valence-corrected chi connectivity index (χ3v) is 4.47. The molecule has 1 aliphatic heterocycles. The van der Waals surface area contributed by atoms with Crippen molar-refractivity contribution in [2.45, 2.75) is 44.2 Å². The van der Waals surface area contributed by atoms with E-state index in [1.54, 1.807) is 0 Å². The maximum atomic E-state index is 11.2. The summed E-state index contributed by atoms with van der Waals surface area (Å²) in [5.41, 5.74) is 0. The van der Waals surface area contributed by atoms with Gasteiger partial charge in [-0.1, -0.05) is 12.2 Å². The maximum Gasteiger partial charge on any atom is 0.0252 e. The largest absolute Gasteiger partial charge is 0.308 e. The van der Waals surface area contributed by atoms with Crippen molar-refractivity contribution in [2.24, 2.45) is 0 Å². The molecule has 1 fully saturated rings. The van der Waals surface area contributed by atoms with Crippen LogP contribution in [0.15, 0.2) is 12.2 Å². The highest BCUT2D eigenvalue weighted by Crippen LogP contribution is 2.15. The van der Waals surface area contributed by atoms with Crippen LogP contribution in [0.5, 0.6) is 0 Å². The molecule has 0 aromatic rings. The molecule has 0 radical (unpaired) electrons. The zero-order valence-corrected chi connectivity index (χ0v) is 9.39. The second-order valence-electron chi connectivity index (χ2n) is 4.25. The fraction of sp³-hybridized carbons (Fsp3) is 0.818. The predicted octanol–water partition coefficient (Wildman–Crippen LogP) is 1.60. The third kappa shape index (κ3) is 2.92. The Bertz CT molecular complexity index is 229. The summed E-state index contributed by atoms with van der Waals surface area (Å²) >= 11 is 0. The van der Waals surface area contributed by atoms with Crippen molar-refractivity contribution in [3.8, 4) is 0 Å². The Labute approximate surface area is 88.6 Å². The van der Waals surface area contributed by atoms with E-state index >= 15 is 0 Å². The molecule has 1 aliphatic carbocycles. The van der Waals surface area contributed by atoms with Crippen LogP contribution in [-0.4, -0.2) is 27.8 Å². The number of nitrogens with one attached hydrogen (secondary N) is 1. The van der Waals surface area contributed by atoms with Crippen LogP contribution in [0.4, 0.5) is 0 Å². The number of rotatable bonds is 2. The van der Waals surface area contributed by atoms with Crippen LogP contribution in [0.2, 0.25) is 0 Å². The van der Waals surface area contributed by atoms with Gasteiger partial charge in [0.25, 0.3) is 0 Å². The first-order valence-electron chi connectivity index (χ1n) is 5.62. The Morgan fingerprint density at radius 1 is 1.21 bits per heavy atom. The molecule has 1 atom stereocenters. The highest BCUT2D eigenvalue weighted by atomic mass is 32.2. The molecular formula is C11H19NOS. The molecule has 0 saturated carbocycles. The highest BCUT2D eigenvalue weighted by Gasteiger charge is 2.20. The molecule has 0 amide bonds. The third-order valence-electron chi connectivity index (χ3n) is 3.09. The van der Waals surface area contributed by atoms with Gasteiger partial charge in [-0.05, 0) is 32.1 Å². The van der Waals surface area contributed by atoms with Gasteiger partial charge < -0.3 is 5.32 Å². The summed E-state index contributed by atoms with van der Waals surface area (Å²) in [4.78, 5) is 0. The van der Waals surface area contributed by atoms with E-state index in [1.165, 1.54) is 19.3 Å². The summed E-state index contributed by atoms with van der Waals surface area (Å²) in [5, 5.41) is 3.66. The van der Waals surface area contributed by atoms with Crippen LogP contribution in [-0.2, 0) is 10.8 Å². The Morgan fingerprint density at radius 3 is 2.64 bits per heavy atom. The van der Waals surface area contributed by atoms with Gasteiger partial charge in [0.1, 0.15) is 0 Å². The number of allylic oxidation sites excluding steroid dienone is 1. The van der Waals surface area contributed by atoms with Crippen molar-refractivity contribution in [1.29, 1.82) is 0 Å². The van der Waals surface area contributed by atoms with Crippen molar-refractivity contribution in [3.05, 3.63) is 12.2 Å². The predicted molar refractivity (Wildman–Crippen MR) is 60.8 cm³/mol. The zero-order valence-electron chi connectivity index (χ0n) is 8.58. The molecular weight excluding hydrogens is 194 g/mol. The summed E-state index contributed by atoms with van der Waals surface area (Å²) in [5.74, 6) is 1.79. The monoisotopic (exact) mass is 213 g/mol. The van der Waals surface area contributed by atoms with E-state index in [0.29, 0.717) is 12.1 Å². The lowest BCUT2D eigenvalue weighted by Crippen LogP contribution is -2.41. The SMILES string of the molecule is O=S1CCC(NC2C=CCCC2)CC1. The van der Waals surface area contributed by atoms with Gasteiger partial charge in [-0.15, -0.1) is 0 Å². The zero-order chi connectivity index (χ0) is 9.80. The van der Waals surface area contributed by atoms with Crippen molar-refractivity contribution in [1.82, 2.24) is 5.32 Å². The molecule has 1 unspecified atom stereocenters. The lowest BCUT2D eigenvalue weighted by Gasteiger charge is -2.28.